The number of anilines is 5. The molecule has 0 saturated carbocycles. The summed E-state index contributed by atoms with van der Waals surface area (Å²) in [5.74, 6) is 0. The summed E-state index contributed by atoms with van der Waals surface area (Å²) in [5.41, 5.74) is 23.9. The van der Waals surface area contributed by atoms with Crippen molar-refractivity contribution in [2.75, 3.05) is 10.2 Å². The monoisotopic (exact) mass is 847 g/mol. The van der Waals surface area contributed by atoms with E-state index in [1.165, 1.54) is 107 Å². The second-order valence-corrected chi connectivity index (χ2v) is 20.1. The van der Waals surface area contributed by atoms with Crippen LogP contribution >= 0.6 is 0 Å². The summed E-state index contributed by atoms with van der Waals surface area (Å²) in [6, 6.07) is 74.8. The highest BCUT2D eigenvalue weighted by atomic mass is 15.2. The Morgan fingerprint density at radius 2 is 0.939 bits per heavy atom. The number of aromatic nitrogens is 1. The largest absolute Gasteiger partial charge is 0.356 e. The Morgan fingerprint density at radius 3 is 1.64 bits per heavy atom. The molecule has 10 aromatic rings. The topological polar surface area (TPSA) is 20.2 Å². The van der Waals surface area contributed by atoms with E-state index < -0.39 is 0 Å². The molecule has 3 heterocycles. The van der Waals surface area contributed by atoms with Gasteiger partial charge in [-0.25, -0.2) is 0 Å². The molecule has 0 unspecified atom stereocenters. The van der Waals surface area contributed by atoms with Gasteiger partial charge in [-0.1, -0.05) is 173 Å². The van der Waals surface area contributed by atoms with Gasteiger partial charge >= 0.3 is 0 Å². The fourth-order valence-corrected chi connectivity index (χ4v) is 11.7. The van der Waals surface area contributed by atoms with Crippen molar-refractivity contribution in [2.24, 2.45) is 0 Å². The van der Waals surface area contributed by atoms with Gasteiger partial charge in [0.15, 0.2) is 0 Å². The summed E-state index contributed by atoms with van der Waals surface area (Å²) in [4.78, 5) is 2.53. The molecule has 0 fully saturated rings. The Labute approximate surface area is 388 Å². The van der Waals surface area contributed by atoms with Crippen LogP contribution in [0.5, 0.6) is 0 Å². The molecular weight excluding hydrogens is 798 g/mol. The van der Waals surface area contributed by atoms with Gasteiger partial charge < -0.3 is 14.8 Å². The number of rotatable bonds is 5. The quantitative estimate of drug-likeness (QED) is 0.174. The summed E-state index contributed by atoms with van der Waals surface area (Å²) >= 11 is 0. The highest BCUT2D eigenvalue weighted by molar-refractivity contribution is 7.00. The van der Waals surface area contributed by atoms with Crippen LogP contribution in [0.4, 0.5) is 28.4 Å². The van der Waals surface area contributed by atoms with E-state index in [9.17, 15) is 0 Å². The van der Waals surface area contributed by atoms with Crippen LogP contribution < -0.4 is 26.6 Å². The van der Waals surface area contributed by atoms with Gasteiger partial charge in [0.05, 0.1) is 11.0 Å². The summed E-state index contributed by atoms with van der Waals surface area (Å²) in [7, 11) is 0. The first-order valence-electron chi connectivity index (χ1n) is 23.6. The van der Waals surface area contributed by atoms with Crippen LogP contribution in [0.15, 0.2) is 200 Å². The van der Waals surface area contributed by atoms with Gasteiger partial charge in [0.1, 0.15) is 0 Å². The molecule has 0 radical (unpaired) electrons. The van der Waals surface area contributed by atoms with Crippen molar-refractivity contribution < 1.29 is 0 Å². The Balaban J connectivity index is 1.01. The van der Waals surface area contributed by atoms with Crippen LogP contribution in [0.1, 0.15) is 51.7 Å². The molecule has 3 nitrogen and oxygen atoms in total. The zero-order valence-corrected chi connectivity index (χ0v) is 37.9. The fourth-order valence-electron chi connectivity index (χ4n) is 11.7. The molecule has 1 aromatic heterocycles. The molecule has 3 aliphatic rings. The lowest BCUT2D eigenvalue weighted by atomic mass is 9.33. The standard InChI is InChI=1S/C62H50BN3/c1-61(2)33-34-62(3,4)51-35-43(25-30-50(51)61)42-23-27-46(28-24-42)65-58-37-44(40-15-7-5-8-16-40)26-31-53(58)63-52-32-29-47(66-56-21-13-11-19-48(56)49-20-12-14-22-57(49)66)39-54(52)64-55-36-45(38-59(65)60(55)63)41-17-9-6-10-18-41/h5-32,35-39,64H,33-34H2,1-4H3. The van der Waals surface area contributed by atoms with E-state index in [1.807, 2.05) is 0 Å². The minimum atomic E-state index is 0.0155. The van der Waals surface area contributed by atoms with Gasteiger partial charge in [-0.05, 0) is 139 Å². The van der Waals surface area contributed by atoms with Crippen LogP contribution in [-0.2, 0) is 10.8 Å². The lowest BCUT2D eigenvalue weighted by Crippen LogP contribution is -2.60. The van der Waals surface area contributed by atoms with Crippen LogP contribution in [-0.4, -0.2) is 11.3 Å². The lowest BCUT2D eigenvalue weighted by molar-refractivity contribution is 0.332. The molecule has 2 aliphatic heterocycles. The molecule has 4 heteroatoms. The second-order valence-electron chi connectivity index (χ2n) is 20.1. The first-order valence-corrected chi connectivity index (χ1v) is 23.6. The van der Waals surface area contributed by atoms with Crippen molar-refractivity contribution in [3.63, 3.8) is 0 Å². The molecule has 0 spiro atoms. The smallest absolute Gasteiger partial charge is 0.252 e. The molecule has 0 bridgehead atoms. The van der Waals surface area contributed by atoms with E-state index in [0.717, 1.165) is 22.7 Å². The van der Waals surface area contributed by atoms with Gasteiger partial charge in [0.2, 0.25) is 0 Å². The highest BCUT2D eigenvalue weighted by Gasteiger charge is 2.42. The number of nitrogens with one attached hydrogen (secondary N) is 1. The van der Waals surface area contributed by atoms with Crippen molar-refractivity contribution in [3.8, 4) is 39.1 Å². The molecule has 0 atom stereocenters. The number of benzene rings is 9. The third-order valence-corrected chi connectivity index (χ3v) is 15.3. The van der Waals surface area contributed by atoms with E-state index >= 15 is 0 Å². The highest BCUT2D eigenvalue weighted by Crippen LogP contribution is 2.48. The number of nitrogens with zero attached hydrogens (tertiary/aromatic N) is 2. The SMILES string of the molecule is CC1(C)CCC(C)(C)c2cc(-c3ccc(N4c5cc(-c6ccccc6)ccc5B5c6ccc(-n7c8ccccc8c8ccccc87)cc6Nc6cc(-c7ccccc7)cc4c65)cc3)ccc21. The number of para-hydroxylation sites is 2. The van der Waals surface area contributed by atoms with E-state index in [1.54, 1.807) is 0 Å². The summed E-state index contributed by atoms with van der Waals surface area (Å²) < 4.78 is 2.42. The molecule has 9 aromatic carbocycles. The minimum Gasteiger partial charge on any atom is -0.356 e. The molecule has 1 aliphatic carbocycles. The summed E-state index contributed by atoms with van der Waals surface area (Å²) in [6.07, 6.45) is 2.41. The zero-order chi connectivity index (χ0) is 44.3. The first-order chi connectivity index (χ1) is 32.2. The number of hydrogen-bond donors (Lipinski definition) is 1. The molecule has 316 valence electrons. The van der Waals surface area contributed by atoms with Gasteiger partial charge in [-0.3, -0.25) is 0 Å². The minimum absolute atomic E-state index is 0.0155. The van der Waals surface area contributed by atoms with Crippen LogP contribution in [0.2, 0.25) is 0 Å². The zero-order valence-electron chi connectivity index (χ0n) is 37.9. The Kier molecular flexibility index (Phi) is 8.52. The van der Waals surface area contributed by atoms with Crippen LogP contribution in [0.25, 0.3) is 60.9 Å². The fraction of sp³-hybridized carbons (Fsp3) is 0.129. The number of hydrogen-bond acceptors (Lipinski definition) is 2. The van der Waals surface area contributed by atoms with E-state index in [-0.39, 0.29) is 17.5 Å². The van der Waals surface area contributed by atoms with Gasteiger partial charge in [-0.2, -0.15) is 0 Å². The normalized spacial score (nSPS) is 15.2. The van der Waals surface area contributed by atoms with Crippen LogP contribution in [0.3, 0.4) is 0 Å². The number of fused-ring (bicyclic) bond motifs is 8. The predicted octanol–water partition coefficient (Wildman–Crippen LogP) is 14.5. The first kappa shape index (κ1) is 38.9. The second kappa shape index (κ2) is 14.5. The molecule has 13 rings (SSSR count). The third kappa shape index (κ3) is 5.97. The van der Waals surface area contributed by atoms with Gasteiger partial charge in [-0.15, -0.1) is 0 Å². The Hall–Kier alpha value is -7.56. The summed E-state index contributed by atoms with van der Waals surface area (Å²) in [5, 5.41) is 6.58. The third-order valence-electron chi connectivity index (χ3n) is 15.3. The lowest BCUT2D eigenvalue weighted by Gasteiger charge is -2.42. The van der Waals surface area contributed by atoms with Crippen LogP contribution in [0, 0.1) is 0 Å². The molecular formula is C62H50BN3. The van der Waals surface area contributed by atoms with Crippen molar-refractivity contribution in [3.05, 3.63) is 211 Å². The van der Waals surface area contributed by atoms with E-state index in [2.05, 4.69) is 243 Å². The average Bonchev–Trinajstić information content (AvgIpc) is 3.70. The maximum Gasteiger partial charge on any atom is 0.252 e. The maximum atomic E-state index is 4.06. The van der Waals surface area contributed by atoms with Gasteiger partial charge in [0.25, 0.3) is 6.71 Å². The van der Waals surface area contributed by atoms with Crippen molar-refractivity contribution in [1.82, 2.24) is 4.57 Å². The summed E-state index contributed by atoms with van der Waals surface area (Å²) in [6.45, 7) is 9.66. The molecule has 0 amide bonds. The van der Waals surface area contributed by atoms with Crippen molar-refractivity contribution in [2.45, 2.75) is 51.4 Å². The van der Waals surface area contributed by atoms with Gasteiger partial charge in [0, 0.05) is 44.9 Å². The predicted molar refractivity (Wildman–Crippen MR) is 281 cm³/mol. The van der Waals surface area contributed by atoms with E-state index in [0.29, 0.717) is 0 Å². The van der Waals surface area contributed by atoms with E-state index in [4.69, 9.17) is 0 Å². The Bertz CT molecular complexity index is 3510. The average molecular weight is 848 g/mol. The molecule has 66 heavy (non-hydrogen) atoms. The van der Waals surface area contributed by atoms with Crippen molar-refractivity contribution in [1.29, 1.82) is 0 Å². The van der Waals surface area contributed by atoms with Crippen molar-refractivity contribution >= 4 is 73.3 Å². The Morgan fingerprint density at radius 1 is 0.409 bits per heavy atom. The molecule has 1 N–H and O–H groups in total. The maximum absolute atomic E-state index is 4.06. The molecule has 0 saturated heterocycles.